The number of nitrogens with two attached hydrogens (primary N) is 1. The summed E-state index contributed by atoms with van der Waals surface area (Å²) >= 11 is 0. The van der Waals surface area contributed by atoms with Crippen molar-refractivity contribution in [2.24, 2.45) is 10.7 Å². The first-order valence-electron chi connectivity index (χ1n) is 10.5. The van der Waals surface area contributed by atoms with Crippen LogP contribution in [0.25, 0.3) is 0 Å². The summed E-state index contributed by atoms with van der Waals surface area (Å²) in [6.45, 7) is 8.65. The Hall–Kier alpha value is -2.32. The molecule has 0 aromatic heterocycles. The smallest absolute Gasteiger partial charge is 0.409 e. The number of piperidine rings is 1. The normalized spacial score (nSPS) is 19.2. The number of morpholine rings is 1. The van der Waals surface area contributed by atoms with Gasteiger partial charge in [-0.2, -0.15) is 0 Å². The summed E-state index contributed by atoms with van der Waals surface area (Å²) in [7, 11) is 0. The summed E-state index contributed by atoms with van der Waals surface area (Å²) in [5.41, 5.74) is 8.53. The van der Waals surface area contributed by atoms with Gasteiger partial charge in [0.1, 0.15) is 0 Å². The molecule has 2 aliphatic rings. The predicted molar refractivity (Wildman–Crippen MR) is 113 cm³/mol. The Labute approximate surface area is 173 Å². The second kappa shape index (κ2) is 11.0. The van der Waals surface area contributed by atoms with Crippen LogP contribution < -0.4 is 11.1 Å². The van der Waals surface area contributed by atoms with Gasteiger partial charge in [0.15, 0.2) is 5.96 Å². The van der Waals surface area contributed by atoms with E-state index in [0.29, 0.717) is 32.2 Å². The number of benzene rings is 1. The molecule has 0 aliphatic carbocycles. The number of ether oxygens (including phenoxy) is 2. The Morgan fingerprint density at radius 2 is 1.97 bits per heavy atom. The van der Waals surface area contributed by atoms with Gasteiger partial charge in [-0.15, -0.1) is 0 Å². The fourth-order valence-electron chi connectivity index (χ4n) is 3.70. The molecule has 0 saturated carbocycles. The lowest BCUT2D eigenvalue weighted by atomic mass is 10.1. The van der Waals surface area contributed by atoms with E-state index in [4.69, 9.17) is 15.2 Å². The molecule has 3 N–H and O–H groups in total. The number of hydrogen-bond acceptors (Lipinski definition) is 5. The highest BCUT2D eigenvalue weighted by atomic mass is 16.6. The summed E-state index contributed by atoms with van der Waals surface area (Å²) < 4.78 is 10.5. The molecule has 8 nitrogen and oxygen atoms in total. The molecule has 2 aliphatic heterocycles. The van der Waals surface area contributed by atoms with E-state index in [1.165, 1.54) is 5.56 Å². The number of likely N-dealkylation sites (tertiary alicyclic amines) is 1. The molecule has 8 heteroatoms. The van der Waals surface area contributed by atoms with Crippen LogP contribution >= 0.6 is 0 Å². The van der Waals surface area contributed by atoms with Crippen LogP contribution in [-0.4, -0.2) is 73.9 Å². The van der Waals surface area contributed by atoms with Crippen molar-refractivity contribution in [3.05, 3.63) is 35.4 Å². The monoisotopic (exact) mass is 403 g/mol. The van der Waals surface area contributed by atoms with Gasteiger partial charge in [0, 0.05) is 38.8 Å². The molecule has 0 unspecified atom stereocenters. The topological polar surface area (TPSA) is 92.4 Å². The van der Waals surface area contributed by atoms with Crippen LogP contribution in [-0.2, 0) is 22.6 Å². The minimum Gasteiger partial charge on any atom is -0.450 e. The maximum absolute atomic E-state index is 11.8. The molecule has 0 radical (unpaired) electrons. The van der Waals surface area contributed by atoms with Crippen molar-refractivity contribution in [3.63, 3.8) is 0 Å². The largest absolute Gasteiger partial charge is 0.450 e. The van der Waals surface area contributed by atoms with Gasteiger partial charge in [-0.1, -0.05) is 24.3 Å². The van der Waals surface area contributed by atoms with E-state index >= 15 is 0 Å². The van der Waals surface area contributed by atoms with Crippen LogP contribution in [0.4, 0.5) is 4.79 Å². The van der Waals surface area contributed by atoms with Gasteiger partial charge in [-0.05, 0) is 30.9 Å². The standard InChI is InChI=1S/C21H33N5O3/c1-2-29-21(27)26-8-6-19(7-9-26)24-20(22)23-15-17-4-3-5-18(14-17)16-25-10-12-28-13-11-25/h3-5,14,19H,2,6-13,15-16H2,1H3,(H3,22,23,24). The first kappa shape index (κ1) is 21.4. The highest BCUT2D eigenvalue weighted by Gasteiger charge is 2.23. The Morgan fingerprint density at radius 3 is 2.69 bits per heavy atom. The average molecular weight is 404 g/mol. The summed E-state index contributed by atoms with van der Waals surface area (Å²) in [4.78, 5) is 20.4. The lowest BCUT2D eigenvalue weighted by Crippen LogP contribution is -2.48. The van der Waals surface area contributed by atoms with Gasteiger partial charge >= 0.3 is 6.09 Å². The number of rotatable bonds is 6. The number of guanidine groups is 1. The maximum atomic E-state index is 11.8. The summed E-state index contributed by atoms with van der Waals surface area (Å²) in [6, 6.07) is 8.75. The molecule has 1 aromatic rings. The first-order chi connectivity index (χ1) is 14.1. The first-order valence-corrected chi connectivity index (χ1v) is 10.5. The molecular weight excluding hydrogens is 370 g/mol. The summed E-state index contributed by atoms with van der Waals surface area (Å²) in [6.07, 6.45) is 1.44. The zero-order valence-corrected chi connectivity index (χ0v) is 17.3. The number of aliphatic imine (C=N–C) groups is 1. The molecule has 0 bridgehead atoms. The highest BCUT2D eigenvalue weighted by molar-refractivity contribution is 5.78. The zero-order chi connectivity index (χ0) is 20.5. The van der Waals surface area contributed by atoms with E-state index in [1.54, 1.807) is 4.90 Å². The molecule has 1 aromatic carbocycles. The van der Waals surface area contributed by atoms with Crippen molar-refractivity contribution in [2.75, 3.05) is 46.0 Å². The number of nitrogens with one attached hydrogen (secondary N) is 1. The average Bonchev–Trinajstić information content (AvgIpc) is 2.74. The van der Waals surface area contributed by atoms with Crippen LogP contribution in [0.5, 0.6) is 0 Å². The van der Waals surface area contributed by atoms with Gasteiger partial charge in [0.2, 0.25) is 0 Å². The molecule has 2 heterocycles. The lowest BCUT2D eigenvalue weighted by molar-refractivity contribution is 0.0342. The van der Waals surface area contributed by atoms with Crippen molar-refractivity contribution in [1.29, 1.82) is 0 Å². The van der Waals surface area contributed by atoms with Gasteiger partial charge in [-0.3, -0.25) is 4.90 Å². The van der Waals surface area contributed by atoms with Crippen LogP contribution in [0.2, 0.25) is 0 Å². The van der Waals surface area contributed by atoms with Gasteiger partial charge in [0.05, 0.1) is 26.4 Å². The zero-order valence-electron chi connectivity index (χ0n) is 17.3. The Balaban J connectivity index is 1.44. The Kier molecular flexibility index (Phi) is 8.13. The number of carbonyl (C=O) groups is 1. The third-order valence-electron chi connectivity index (χ3n) is 5.31. The SMILES string of the molecule is CCOC(=O)N1CCC(NC(N)=NCc2cccc(CN3CCOCC3)c2)CC1. The number of hydrogen-bond donors (Lipinski definition) is 2. The quantitative estimate of drug-likeness (QED) is 0.553. The fourth-order valence-corrected chi connectivity index (χ4v) is 3.70. The van der Waals surface area contributed by atoms with E-state index in [1.807, 2.05) is 6.92 Å². The van der Waals surface area contributed by atoms with Crippen molar-refractivity contribution in [1.82, 2.24) is 15.1 Å². The lowest BCUT2D eigenvalue weighted by Gasteiger charge is -2.31. The summed E-state index contributed by atoms with van der Waals surface area (Å²) in [5.74, 6) is 0.457. The molecule has 29 heavy (non-hydrogen) atoms. The molecule has 3 rings (SSSR count). The molecule has 1 amide bonds. The highest BCUT2D eigenvalue weighted by Crippen LogP contribution is 2.13. The van der Waals surface area contributed by atoms with Crippen molar-refractivity contribution >= 4 is 12.1 Å². The van der Waals surface area contributed by atoms with Crippen LogP contribution in [0.3, 0.4) is 0 Å². The van der Waals surface area contributed by atoms with Crippen molar-refractivity contribution in [3.8, 4) is 0 Å². The van der Waals surface area contributed by atoms with E-state index in [0.717, 1.165) is 51.3 Å². The number of amides is 1. The molecule has 2 fully saturated rings. The van der Waals surface area contributed by atoms with E-state index in [-0.39, 0.29) is 12.1 Å². The Morgan fingerprint density at radius 1 is 1.24 bits per heavy atom. The minimum atomic E-state index is -0.232. The van der Waals surface area contributed by atoms with Crippen molar-refractivity contribution < 1.29 is 14.3 Å². The minimum absolute atomic E-state index is 0.232. The number of nitrogens with zero attached hydrogens (tertiary/aromatic N) is 3. The van der Waals surface area contributed by atoms with E-state index < -0.39 is 0 Å². The van der Waals surface area contributed by atoms with Gasteiger partial charge in [-0.25, -0.2) is 9.79 Å². The van der Waals surface area contributed by atoms with Crippen LogP contribution in [0, 0.1) is 0 Å². The van der Waals surface area contributed by atoms with E-state index in [9.17, 15) is 4.79 Å². The van der Waals surface area contributed by atoms with Gasteiger partial charge in [0.25, 0.3) is 0 Å². The molecular formula is C21H33N5O3. The predicted octanol–water partition coefficient (Wildman–Crippen LogP) is 1.54. The molecule has 160 valence electrons. The van der Waals surface area contributed by atoms with Crippen LogP contribution in [0.1, 0.15) is 30.9 Å². The maximum Gasteiger partial charge on any atom is 0.409 e. The number of carbonyl (C=O) groups excluding carboxylic acids is 1. The molecule has 2 saturated heterocycles. The second-order valence-corrected chi connectivity index (χ2v) is 7.51. The van der Waals surface area contributed by atoms with E-state index in [2.05, 4.69) is 39.5 Å². The molecule has 0 spiro atoms. The Bertz CT molecular complexity index is 683. The van der Waals surface area contributed by atoms with Crippen LogP contribution in [0.15, 0.2) is 29.3 Å². The summed E-state index contributed by atoms with van der Waals surface area (Å²) in [5, 5.41) is 3.29. The van der Waals surface area contributed by atoms with Gasteiger partial charge < -0.3 is 25.4 Å². The van der Waals surface area contributed by atoms with Crippen molar-refractivity contribution in [2.45, 2.75) is 38.9 Å². The second-order valence-electron chi connectivity index (χ2n) is 7.51. The molecule has 0 atom stereocenters. The third kappa shape index (κ3) is 6.90. The third-order valence-corrected chi connectivity index (χ3v) is 5.31. The fraction of sp³-hybridized carbons (Fsp3) is 0.619.